The number of carbonyl (C=O) groups is 3. The molecule has 0 aromatic heterocycles. The fourth-order valence-corrected chi connectivity index (χ4v) is 5.43. The van der Waals surface area contributed by atoms with Crippen LogP contribution in [0, 0.1) is 6.92 Å². The Morgan fingerprint density at radius 1 is 0.921 bits per heavy atom. The molecule has 196 valence electrons. The van der Waals surface area contributed by atoms with E-state index in [9.17, 15) is 14.4 Å². The van der Waals surface area contributed by atoms with Gasteiger partial charge in [0.2, 0.25) is 5.91 Å². The van der Waals surface area contributed by atoms with E-state index in [0.29, 0.717) is 49.6 Å². The summed E-state index contributed by atoms with van der Waals surface area (Å²) in [5, 5.41) is 2.87. The first-order valence-electron chi connectivity index (χ1n) is 12.8. The molecule has 3 amide bonds. The average molecular weight is 513 g/mol. The van der Waals surface area contributed by atoms with Gasteiger partial charge in [-0.25, -0.2) is 0 Å². The molecule has 3 aromatic rings. The van der Waals surface area contributed by atoms with Crippen LogP contribution in [0.25, 0.3) is 0 Å². The highest BCUT2D eigenvalue weighted by molar-refractivity contribution is 6.00. The van der Waals surface area contributed by atoms with Crippen molar-refractivity contribution in [2.24, 2.45) is 0 Å². The standard InChI is InChI=1S/C30H32N4O4/c1-22-8-6-7-11-26(22)28(36)32-18-16-30(17-19-32)29(37)33(21-34(30)24-9-4-3-5-10-24)20-27(35)31-23-12-14-25(38-2)15-13-23/h3-15H,16-21H2,1-2H3,(H,31,35). The minimum Gasteiger partial charge on any atom is -0.497 e. The van der Waals surface area contributed by atoms with E-state index in [-0.39, 0.29) is 24.3 Å². The SMILES string of the molecule is COc1ccc(NC(=O)CN2CN(c3ccccc3)C3(CCN(C(=O)c4ccccc4C)CC3)C2=O)cc1. The van der Waals surface area contributed by atoms with E-state index >= 15 is 0 Å². The number of piperidine rings is 1. The summed E-state index contributed by atoms with van der Waals surface area (Å²) >= 11 is 0. The number of hydrogen-bond donors (Lipinski definition) is 1. The lowest BCUT2D eigenvalue weighted by Gasteiger charge is -2.43. The van der Waals surface area contributed by atoms with Crippen molar-refractivity contribution < 1.29 is 19.1 Å². The molecule has 8 nitrogen and oxygen atoms in total. The molecule has 0 aliphatic carbocycles. The fourth-order valence-electron chi connectivity index (χ4n) is 5.43. The van der Waals surface area contributed by atoms with Crippen LogP contribution in [0.15, 0.2) is 78.9 Å². The van der Waals surface area contributed by atoms with Gasteiger partial charge in [0.05, 0.1) is 13.8 Å². The van der Waals surface area contributed by atoms with Crippen LogP contribution in [0.3, 0.4) is 0 Å². The van der Waals surface area contributed by atoms with E-state index in [4.69, 9.17) is 4.74 Å². The molecule has 0 unspecified atom stereocenters. The number of benzene rings is 3. The topological polar surface area (TPSA) is 82.2 Å². The lowest BCUT2D eigenvalue weighted by Crippen LogP contribution is -2.57. The second kappa shape index (κ2) is 10.6. The van der Waals surface area contributed by atoms with Crippen LogP contribution in [0.1, 0.15) is 28.8 Å². The number of rotatable bonds is 6. The molecule has 8 heteroatoms. The molecule has 0 atom stereocenters. The Labute approximate surface area is 222 Å². The first-order valence-corrected chi connectivity index (χ1v) is 12.8. The van der Waals surface area contributed by atoms with Gasteiger partial charge in [0.15, 0.2) is 0 Å². The Balaban J connectivity index is 1.33. The maximum Gasteiger partial charge on any atom is 0.254 e. The smallest absolute Gasteiger partial charge is 0.254 e. The van der Waals surface area contributed by atoms with Gasteiger partial charge >= 0.3 is 0 Å². The van der Waals surface area contributed by atoms with E-state index in [0.717, 1.165) is 11.3 Å². The summed E-state index contributed by atoms with van der Waals surface area (Å²) in [6.07, 6.45) is 0.990. The van der Waals surface area contributed by atoms with E-state index in [1.54, 1.807) is 36.3 Å². The number of nitrogens with one attached hydrogen (secondary N) is 1. The summed E-state index contributed by atoms with van der Waals surface area (Å²) in [5.74, 6) is 0.353. The van der Waals surface area contributed by atoms with Crippen molar-refractivity contribution in [3.8, 4) is 5.75 Å². The number of nitrogens with zero attached hydrogens (tertiary/aromatic N) is 3. The van der Waals surface area contributed by atoms with Crippen molar-refractivity contribution in [1.82, 2.24) is 9.80 Å². The molecule has 2 aliphatic rings. The zero-order valence-electron chi connectivity index (χ0n) is 21.7. The number of anilines is 2. The predicted molar refractivity (Wildman–Crippen MR) is 146 cm³/mol. The van der Waals surface area contributed by atoms with Crippen LogP contribution < -0.4 is 15.0 Å². The molecule has 2 fully saturated rings. The number of para-hydroxylation sites is 1. The third-order valence-corrected chi connectivity index (χ3v) is 7.54. The Hall–Kier alpha value is -4.33. The fraction of sp³-hybridized carbons (Fsp3) is 0.300. The first kappa shape index (κ1) is 25.3. The van der Waals surface area contributed by atoms with Crippen LogP contribution >= 0.6 is 0 Å². The lowest BCUT2D eigenvalue weighted by molar-refractivity contribution is -0.136. The second-order valence-corrected chi connectivity index (χ2v) is 9.82. The normalized spacial score (nSPS) is 16.6. The molecule has 2 heterocycles. The predicted octanol–water partition coefficient (Wildman–Crippen LogP) is 3.92. The van der Waals surface area contributed by atoms with Crippen molar-refractivity contribution >= 4 is 29.1 Å². The molecule has 5 rings (SSSR count). The summed E-state index contributed by atoms with van der Waals surface area (Å²) in [6, 6.07) is 24.5. The minimum atomic E-state index is -0.801. The monoisotopic (exact) mass is 512 g/mol. The van der Waals surface area contributed by atoms with Gasteiger partial charge in [-0.1, -0.05) is 36.4 Å². The summed E-state index contributed by atoms with van der Waals surface area (Å²) < 4.78 is 5.17. The number of likely N-dealkylation sites (tertiary alicyclic amines) is 1. The number of methoxy groups -OCH3 is 1. The van der Waals surface area contributed by atoms with Crippen molar-refractivity contribution in [3.05, 3.63) is 90.0 Å². The van der Waals surface area contributed by atoms with Gasteiger partial charge in [0.1, 0.15) is 17.8 Å². The Morgan fingerprint density at radius 3 is 2.24 bits per heavy atom. The third kappa shape index (κ3) is 4.81. The molecule has 2 saturated heterocycles. The van der Waals surface area contributed by atoms with Crippen LogP contribution in [0.4, 0.5) is 11.4 Å². The lowest BCUT2D eigenvalue weighted by atomic mass is 9.85. The van der Waals surface area contributed by atoms with Gasteiger partial charge in [-0.15, -0.1) is 0 Å². The molecule has 0 saturated carbocycles. The minimum absolute atomic E-state index is 0.00891. The number of ether oxygens (including phenoxy) is 1. The van der Waals surface area contributed by atoms with Crippen molar-refractivity contribution in [2.45, 2.75) is 25.3 Å². The summed E-state index contributed by atoms with van der Waals surface area (Å²) in [6.45, 7) is 3.12. The molecule has 0 radical (unpaired) electrons. The van der Waals surface area contributed by atoms with Gasteiger partial charge in [-0.3, -0.25) is 14.4 Å². The Bertz CT molecular complexity index is 1320. The van der Waals surface area contributed by atoms with E-state index in [2.05, 4.69) is 10.2 Å². The molecular formula is C30H32N4O4. The van der Waals surface area contributed by atoms with Gasteiger partial charge in [0, 0.05) is 30.0 Å². The molecule has 1 N–H and O–H groups in total. The second-order valence-electron chi connectivity index (χ2n) is 9.82. The molecule has 1 spiro atoms. The maximum atomic E-state index is 13.9. The highest BCUT2D eigenvalue weighted by atomic mass is 16.5. The van der Waals surface area contributed by atoms with Crippen LogP contribution in [-0.2, 0) is 9.59 Å². The number of hydrogen-bond acceptors (Lipinski definition) is 5. The van der Waals surface area contributed by atoms with Gasteiger partial charge in [-0.2, -0.15) is 0 Å². The third-order valence-electron chi connectivity index (χ3n) is 7.54. The molecule has 38 heavy (non-hydrogen) atoms. The zero-order valence-corrected chi connectivity index (χ0v) is 21.7. The van der Waals surface area contributed by atoms with E-state index < -0.39 is 5.54 Å². The summed E-state index contributed by atoms with van der Waals surface area (Å²) in [5.41, 5.74) is 2.40. The van der Waals surface area contributed by atoms with Crippen molar-refractivity contribution in [1.29, 1.82) is 0 Å². The summed E-state index contributed by atoms with van der Waals surface area (Å²) in [4.78, 5) is 45.6. The quantitative estimate of drug-likeness (QED) is 0.541. The molecule has 0 bridgehead atoms. The number of amides is 3. The van der Waals surface area contributed by atoms with Crippen molar-refractivity contribution in [3.63, 3.8) is 0 Å². The first-order chi connectivity index (χ1) is 18.4. The molecule has 2 aliphatic heterocycles. The highest BCUT2D eigenvalue weighted by Crippen LogP contribution is 2.39. The van der Waals surface area contributed by atoms with E-state index in [1.165, 1.54) is 0 Å². The highest BCUT2D eigenvalue weighted by Gasteiger charge is 2.54. The summed E-state index contributed by atoms with van der Waals surface area (Å²) in [7, 11) is 1.59. The number of carbonyl (C=O) groups excluding carboxylic acids is 3. The van der Waals surface area contributed by atoms with E-state index in [1.807, 2.05) is 66.4 Å². The largest absolute Gasteiger partial charge is 0.497 e. The Kier molecular flexibility index (Phi) is 7.05. The van der Waals surface area contributed by atoms with Gasteiger partial charge in [0.25, 0.3) is 11.8 Å². The maximum absolute atomic E-state index is 13.9. The average Bonchev–Trinajstić information content (AvgIpc) is 3.20. The Morgan fingerprint density at radius 2 is 1.58 bits per heavy atom. The van der Waals surface area contributed by atoms with Crippen LogP contribution in [-0.4, -0.2) is 66.5 Å². The molecule has 3 aromatic carbocycles. The number of aryl methyl sites for hydroxylation is 1. The molecular weight excluding hydrogens is 480 g/mol. The van der Waals surface area contributed by atoms with Crippen molar-refractivity contribution in [2.75, 3.05) is 43.6 Å². The van der Waals surface area contributed by atoms with Crippen LogP contribution in [0.2, 0.25) is 0 Å². The zero-order chi connectivity index (χ0) is 26.7. The van der Waals surface area contributed by atoms with Gasteiger partial charge in [-0.05, 0) is 67.8 Å². The van der Waals surface area contributed by atoms with Gasteiger partial charge < -0.3 is 24.8 Å². The van der Waals surface area contributed by atoms with Crippen LogP contribution in [0.5, 0.6) is 5.75 Å².